The van der Waals surface area contributed by atoms with Crippen molar-refractivity contribution in [2.75, 3.05) is 26.9 Å². The maximum Gasteiger partial charge on any atom is 0.292 e. The lowest BCUT2D eigenvalue weighted by atomic mass is 9.94. The van der Waals surface area contributed by atoms with E-state index in [-0.39, 0.29) is 11.9 Å². The third kappa shape index (κ3) is 7.54. The van der Waals surface area contributed by atoms with Crippen LogP contribution < -0.4 is 14.2 Å². The van der Waals surface area contributed by atoms with Gasteiger partial charge in [-0.15, -0.1) is 0 Å². The zero-order chi connectivity index (χ0) is 29.1. The molecule has 7 heteroatoms. The van der Waals surface area contributed by atoms with Crippen molar-refractivity contribution in [3.63, 3.8) is 0 Å². The molecule has 0 spiro atoms. The summed E-state index contributed by atoms with van der Waals surface area (Å²) in [7, 11) is 1.31. The van der Waals surface area contributed by atoms with E-state index >= 15 is 4.39 Å². The molecule has 0 N–H and O–H groups in total. The lowest BCUT2D eigenvalue weighted by Crippen LogP contribution is -2.17. The van der Waals surface area contributed by atoms with E-state index in [1.807, 2.05) is 58.0 Å². The number of carbonyl (C=O) groups is 1. The summed E-state index contributed by atoms with van der Waals surface area (Å²) in [5.74, 6) is 2.18. The van der Waals surface area contributed by atoms with E-state index in [1.165, 1.54) is 12.7 Å². The number of hydrogen-bond acceptors (Lipinski definition) is 6. The van der Waals surface area contributed by atoms with Crippen molar-refractivity contribution >= 4 is 6.47 Å². The van der Waals surface area contributed by atoms with E-state index in [2.05, 4.69) is 23.8 Å². The quantitative estimate of drug-likeness (QED) is 0.269. The molecule has 1 unspecified atom stereocenters. The molecule has 0 radical (unpaired) electrons. The molecule has 5 rings (SSSR count). The van der Waals surface area contributed by atoms with Crippen molar-refractivity contribution in [3.05, 3.63) is 76.6 Å². The molecule has 3 aromatic rings. The van der Waals surface area contributed by atoms with Crippen molar-refractivity contribution in [2.24, 2.45) is 0 Å². The molecule has 2 atom stereocenters. The lowest BCUT2D eigenvalue weighted by molar-refractivity contribution is -0.126. The monoisotopic (exact) mass is 552 g/mol. The van der Waals surface area contributed by atoms with Gasteiger partial charge >= 0.3 is 0 Å². The fourth-order valence-electron chi connectivity index (χ4n) is 4.91. The van der Waals surface area contributed by atoms with Gasteiger partial charge in [-0.1, -0.05) is 45.0 Å². The molecule has 0 amide bonds. The van der Waals surface area contributed by atoms with Crippen LogP contribution in [0.25, 0.3) is 11.1 Å². The van der Waals surface area contributed by atoms with Crippen LogP contribution in [0.1, 0.15) is 61.8 Å². The number of carbonyl (C=O) groups excluding carboxylic acids is 1. The van der Waals surface area contributed by atoms with Gasteiger partial charge in [0.2, 0.25) is 0 Å². The summed E-state index contributed by atoms with van der Waals surface area (Å²) in [6.45, 7) is 12.7. The molecule has 0 aromatic heterocycles. The number of aryl methyl sites for hydroxylation is 1. The first-order chi connectivity index (χ1) is 19.4. The highest BCUT2D eigenvalue weighted by Gasteiger charge is 2.23. The highest BCUT2D eigenvalue weighted by Crippen LogP contribution is 2.39. The van der Waals surface area contributed by atoms with Gasteiger partial charge in [-0.25, -0.2) is 4.39 Å². The van der Waals surface area contributed by atoms with E-state index in [4.69, 9.17) is 23.7 Å². The Morgan fingerprint density at radius 2 is 1.85 bits per heavy atom. The summed E-state index contributed by atoms with van der Waals surface area (Å²) in [6.07, 6.45) is 1.77. The number of fused-ring (bicyclic) bond motifs is 1. The van der Waals surface area contributed by atoms with E-state index in [1.54, 1.807) is 6.07 Å². The summed E-state index contributed by atoms with van der Waals surface area (Å²) in [5, 5.41) is 0. The minimum atomic E-state index is -0.308. The molecule has 0 saturated carbocycles. The fraction of sp³-hybridized carbons (Fsp3) is 0.424. The van der Waals surface area contributed by atoms with Gasteiger partial charge in [0.1, 0.15) is 24.2 Å². The molecule has 1 saturated heterocycles. The summed E-state index contributed by atoms with van der Waals surface area (Å²) < 4.78 is 42.2. The third-order valence-electron chi connectivity index (χ3n) is 6.92. The highest BCUT2D eigenvalue weighted by molar-refractivity contribution is 5.72. The number of benzene rings is 3. The standard InChI is InChI=1S/C29H31FO4.C2H4O2.C2H6/c1-4-21-16-33-26-14-23(8-9-25(21)26)32-15-20-6-5-7-22(13-20)28-18(2)12-27(29(30)19(28)3)34-24-10-11-31-17-24;1-4-2-3;1-2/h5-9,12-14,21,24H,4,10-11,15-17H2,1-3H3;2H,1H3;1-2H3/t21?,24-;;/m0../s1. The maximum atomic E-state index is 15.2. The van der Waals surface area contributed by atoms with E-state index in [0.29, 0.717) is 43.5 Å². The Balaban J connectivity index is 0.000000677. The Hall–Kier alpha value is -3.58. The Labute approximate surface area is 237 Å². The number of rotatable bonds is 8. The van der Waals surface area contributed by atoms with Gasteiger partial charge in [0.15, 0.2) is 11.6 Å². The maximum absolute atomic E-state index is 15.2. The highest BCUT2D eigenvalue weighted by atomic mass is 19.1. The van der Waals surface area contributed by atoms with Crippen molar-refractivity contribution in [3.8, 4) is 28.4 Å². The predicted molar refractivity (Wildman–Crippen MR) is 155 cm³/mol. The Bertz CT molecular complexity index is 1250. The first kappa shape index (κ1) is 31.0. The molecule has 1 fully saturated rings. The number of hydrogen-bond donors (Lipinski definition) is 0. The van der Waals surface area contributed by atoms with Crippen LogP contribution in [0.3, 0.4) is 0 Å². The molecule has 2 aliphatic heterocycles. The smallest absolute Gasteiger partial charge is 0.292 e. The third-order valence-corrected chi connectivity index (χ3v) is 6.92. The molecule has 216 valence electrons. The molecule has 40 heavy (non-hydrogen) atoms. The Morgan fingerprint density at radius 3 is 2.52 bits per heavy atom. The Kier molecular flexibility index (Phi) is 11.8. The number of methoxy groups -OCH3 is 1. The summed E-state index contributed by atoms with van der Waals surface area (Å²) in [5.41, 5.74) is 5.71. The average Bonchev–Trinajstić information content (AvgIpc) is 3.65. The van der Waals surface area contributed by atoms with Crippen LogP contribution in [0.2, 0.25) is 0 Å². The topological polar surface area (TPSA) is 63.2 Å². The van der Waals surface area contributed by atoms with Crippen molar-refractivity contribution in [1.82, 2.24) is 0 Å². The van der Waals surface area contributed by atoms with Gasteiger partial charge in [-0.05, 0) is 66.3 Å². The molecular weight excluding hydrogens is 511 g/mol. The van der Waals surface area contributed by atoms with Gasteiger partial charge in [0, 0.05) is 24.0 Å². The second-order valence-electron chi connectivity index (χ2n) is 9.55. The SMILES string of the molecule is CC.CCC1COc2cc(OCc3cccc(-c4c(C)cc(O[C@H]5CCOC5)c(F)c4C)c3)ccc21.COC=O. The van der Waals surface area contributed by atoms with Crippen LogP contribution in [0.5, 0.6) is 17.2 Å². The first-order valence-electron chi connectivity index (χ1n) is 13.9. The average molecular weight is 553 g/mol. The van der Waals surface area contributed by atoms with Crippen LogP contribution in [0.15, 0.2) is 48.5 Å². The van der Waals surface area contributed by atoms with Gasteiger partial charge < -0.3 is 23.7 Å². The van der Waals surface area contributed by atoms with Crippen LogP contribution in [0, 0.1) is 19.7 Å². The van der Waals surface area contributed by atoms with Crippen LogP contribution in [-0.4, -0.2) is 39.5 Å². The molecule has 0 bridgehead atoms. The fourth-order valence-corrected chi connectivity index (χ4v) is 4.91. The van der Waals surface area contributed by atoms with Gasteiger partial charge in [0.05, 0.1) is 26.9 Å². The predicted octanol–water partition coefficient (Wildman–Crippen LogP) is 7.56. The molecule has 0 aliphatic carbocycles. The minimum absolute atomic E-state index is 0.0860. The zero-order valence-electron chi connectivity index (χ0n) is 24.4. The van der Waals surface area contributed by atoms with Gasteiger partial charge in [0.25, 0.3) is 6.47 Å². The van der Waals surface area contributed by atoms with Crippen LogP contribution in [0.4, 0.5) is 4.39 Å². The van der Waals surface area contributed by atoms with Crippen molar-refractivity contribution < 1.29 is 32.9 Å². The first-order valence-corrected chi connectivity index (χ1v) is 13.9. The summed E-state index contributed by atoms with van der Waals surface area (Å²) in [4.78, 5) is 8.95. The summed E-state index contributed by atoms with van der Waals surface area (Å²) in [6, 6.07) is 16.0. The van der Waals surface area contributed by atoms with Crippen molar-refractivity contribution in [2.45, 2.75) is 66.1 Å². The van der Waals surface area contributed by atoms with E-state index < -0.39 is 0 Å². The lowest BCUT2D eigenvalue weighted by Gasteiger charge is -2.18. The molecular formula is C33H41FO6. The van der Waals surface area contributed by atoms with E-state index in [9.17, 15) is 0 Å². The number of halogens is 1. The summed E-state index contributed by atoms with van der Waals surface area (Å²) >= 11 is 0. The number of ether oxygens (including phenoxy) is 5. The Morgan fingerprint density at radius 1 is 1.07 bits per heavy atom. The zero-order valence-corrected chi connectivity index (χ0v) is 24.4. The molecule has 3 aromatic carbocycles. The van der Waals surface area contributed by atoms with Crippen LogP contribution in [-0.2, 0) is 20.9 Å². The minimum Gasteiger partial charge on any atom is -0.493 e. The second-order valence-corrected chi connectivity index (χ2v) is 9.55. The van der Waals surface area contributed by atoms with Crippen molar-refractivity contribution in [1.29, 1.82) is 0 Å². The largest absolute Gasteiger partial charge is 0.493 e. The van der Waals surface area contributed by atoms with E-state index in [0.717, 1.165) is 53.2 Å². The second kappa shape index (κ2) is 15.3. The van der Waals surface area contributed by atoms with Gasteiger partial charge in [-0.2, -0.15) is 0 Å². The normalized spacial score (nSPS) is 16.9. The molecule has 2 aliphatic rings. The van der Waals surface area contributed by atoms with Crippen LogP contribution >= 0.6 is 0 Å². The molecule has 6 nitrogen and oxygen atoms in total. The molecule has 2 heterocycles. The van der Waals surface area contributed by atoms with Gasteiger partial charge in [-0.3, -0.25) is 4.79 Å².